The molecular formula is C11H11N3O4. The molecule has 7 heteroatoms. The van der Waals surface area contributed by atoms with Crippen LogP contribution in [0.1, 0.15) is 10.4 Å². The molecule has 18 heavy (non-hydrogen) atoms. The van der Waals surface area contributed by atoms with Crippen LogP contribution in [-0.2, 0) is 6.54 Å². The number of hydrogen-bond acceptors (Lipinski definition) is 5. The summed E-state index contributed by atoms with van der Waals surface area (Å²) in [6.07, 6.45) is 1.31. The Kier molecular flexibility index (Phi) is 3.35. The van der Waals surface area contributed by atoms with Gasteiger partial charge in [-0.15, -0.1) is 0 Å². The van der Waals surface area contributed by atoms with Crippen molar-refractivity contribution in [3.8, 4) is 0 Å². The fourth-order valence-corrected chi connectivity index (χ4v) is 1.63. The normalized spacial score (nSPS) is 10.6. The third-order valence-electron chi connectivity index (χ3n) is 2.53. The van der Waals surface area contributed by atoms with E-state index in [1.165, 1.54) is 34.6 Å². The Bertz CT molecular complexity index is 650. The van der Waals surface area contributed by atoms with Crippen molar-refractivity contribution in [2.45, 2.75) is 6.54 Å². The molecule has 1 amide bonds. The molecule has 1 aromatic carbocycles. The van der Waals surface area contributed by atoms with Crippen LogP contribution >= 0.6 is 0 Å². The molecule has 1 heterocycles. The predicted octanol–water partition coefficient (Wildman–Crippen LogP) is -0.492. The van der Waals surface area contributed by atoms with Crippen molar-refractivity contribution in [2.75, 3.05) is 6.61 Å². The number of carbonyl (C=O) groups excluding carboxylic acids is 1. The first-order chi connectivity index (χ1) is 8.67. The molecule has 7 nitrogen and oxygen atoms in total. The minimum absolute atomic E-state index is 0.155. The van der Waals surface area contributed by atoms with E-state index in [0.717, 1.165) is 0 Å². The van der Waals surface area contributed by atoms with Crippen molar-refractivity contribution in [3.63, 3.8) is 0 Å². The van der Waals surface area contributed by atoms with Gasteiger partial charge in [-0.2, -0.15) is 0 Å². The van der Waals surface area contributed by atoms with Crippen LogP contribution in [0.4, 0.5) is 0 Å². The van der Waals surface area contributed by atoms with Gasteiger partial charge in [0.15, 0.2) is 0 Å². The first-order valence-electron chi connectivity index (χ1n) is 5.22. The number of amides is 1. The SMILES string of the molecule is O=C(NO)c1ccc2c(=O)n(CCO)cnc2c1. The molecule has 2 rings (SSSR count). The van der Waals surface area contributed by atoms with Gasteiger partial charge in [0.05, 0.1) is 30.4 Å². The Morgan fingerprint density at radius 1 is 1.44 bits per heavy atom. The summed E-state index contributed by atoms with van der Waals surface area (Å²) >= 11 is 0. The van der Waals surface area contributed by atoms with Gasteiger partial charge in [-0.3, -0.25) is 19.4 Å². The van der Waals surface area contributed by atoms with Gasteiger partial charge in [0.2, 0.25) is 0 Å². The Morgan fingerprint density at radius 3 is 2.89 bits per heavy atom. The number of aliphatic hydroxyl groups is 1. The van der Waals surface area contributed by atoms with E-state index in [-0.39, 0.29) is 24.3 Å². The van der Waals surface area contributed by atoms with Crippen LogP contribution in [0.3, 0.4) is 0 Å². The molecule has 0 saturated heterocycles. The maximum Gasteiger partial charge on any atom is 0.274 e. The summed E-state index contributed by atoms with van der Waals surface area (Å²) < 4.78 is 1.29. The third-order valence-corrected chi connectivity index (χ3v) is 2.53. The van der Waals surface area contributed by atoms with E-state index >= 15 is 0 Å². The van der Waals surface area contributed by atoms with E-state index < -0.39 is 5.91 Å². The number of benzene rings is 1. The minimum Gasteiger partial charge on any atom is -0.395 e. The monoisotopic (exact) mass is 249 g/mol. The molecule has 0 aliphatic heterocycles. The lowest BCUT2D eigenvalue weighted by atomic mass is 10.1. The largest absolute Gasteiger partial charge is 0.395 e. The topological polar surface area (TPSA) is 104 Å². The van der Waals surface area contributed by atoms with Gasteiger partial charge >= 0.3 is 0 Å². The molecule has 3 N–H and O–H groups in total. The number of rotatable bonds is 3. The van der Waals surface area contributed by atoms with Crippen LogP contribution in [0.5, 0.6) is 0 Å². The first kappa shape index (κ1) is 12.2. The molecular weight excluding hydrogens is 238 g/mol. The number of aromatic nitrogens is 2. The van der Waals surface area contributed by atoms with Crippen LogP contribution < -0.4 is 11.0 Å². The summed E-state index contributed by atoms with van der Waals surface area (Å²) in [6.45, 7) is 0.0126. The summed E-state index contributed by atoms with van der Waals surface area (Å²) in [4.78, 5) is 27.2. The maximum absolute atomic E-state index is 11.9. The van der Waals surface area contributed by atoms with Crippen molar-refractivity contribution >= 4 is 16.8 Å². The minimum atomic E-state index is -0.668. The van der Waals surface area contributed by atoms with Crippen LogP contribution in [0, 0.1) is 0 Å². The maximum atomic E-state index is 11.9. The standard InChI is InChI=1S/C11H11N3O4/c15-4-3-14-6-12-9-5-7(10(16)13-18)1-2-8(9)11(14)17/h1-2,5-6,15,18H,3-4H2,(H,13,16). The quantitative estimate of drug-likeness (QED) is 0.503. The number of nitrogens with one attached hydrogen (secondary N) is 1. The highest BCUT2D eigenvalue weighted by atomic mass is 16.5. The zero-order valence-corrected chi connectivity index (χ0v) is 9.33. The molecule has 0 aliphatic rings. The first-order valence-corrected chi connectivity index (χ1v) is 5.22. The fraction of sp³-hybridized carbons (Fsp3) is 0.182. The second-order valence-corrected chi connectivity index (χ2v) is 3.64. The van der Waals surface area contributed by atoms with Gasteiger partial charge in [-0.25, -0.2) is 10.5 Å². The summed E-state index contributed by atoms with van der Waals surface area (Å²) in [5, 5.41) is 17.7. The molecule has 1 aromatic heterocycles. The van der Waals surface area contributed by atoms with Crippen LogP contribution in [-0.4, -0.2) is 32.4 Å². The smallest absolute Gasteiger partial charge is 0.274 e. The number of nitrogens with zero attached hydrogens (tertiary/aromatic N) is 2. The van der Waals surface area contributed by atoms with E-state index in [1.807, 2.05) is 0 Å². The number of fused-ring (bicyclic) bond motifs is 1. The molecule has 0 fully saturated rings. The molecule has 94 valence electrons. The number of hydrogen-bond donors (Lipinski definition) is 3. The number of carbonyl (C=O) groups is 1. The van der Waals surface area contributed by atoms with Gasteiger partial charge in [0, 0.05) is 5.56 Å². The molecule has 0 spiro atoms. The Labute approximate surface area is 101 Å². The van der Waals surface area contributed by atoms with Gasteiger partial charge in [0.25, 0.3) is 11.5 Å². The van der Waals surface area contributed by atoms with Crippen LogP contribution in [0.15, 0.2) is 29.3 Å². The molecule has 0 radical (unpaired) electrons. The second-order valence-electron chi connectivity index (χ2n) is 3.64. The van der Waals surface area contributed by atoms with Crippen molar-refractivity contribution in [2.24, 2.45) is 0 Å². The summed E-state index contributed by atoms with van der Waals surface area (Å²) in [5.74, 6) is -0.668. The fourth-order valence-electron chi connectivity index (χ4n) is 1.63. The van der Waals surface area contributed by atoms with E-state index in [0.29, 0.717) is 10.9 Å². The lowest BCUT2D eigenvalue weighted by Crippen LogP contribution is -2.23. The highest BCUT2D eigenvalue weighted by molar-refractivity contribution is 5.96. The van der Waals surface area contributed by atoms with E-state index in [9.17, 15) is 9.59 Å². The van der Waals surface area contributed by atoms with Gasteiger partial charge < -0.3 is 5.11 Å². The molecule has 0 unspecified atom stereocenters. The Morgan fingerprint density at radius 2 is 2.22 bits per heavy atom. The average Bonchev–Trinajstić information content (AvgIpc) is 2.41. The number of aliphatic hydroxyl groups excluding tert-OH is 1. The highest BCUT2D eigenvalue weighted by Gasteiger charge is 2.08. The third kappa shape index (κ3) is 2.08. The summed E-state index contributed by atoms with van der Waals surface area (Å²) in [6, 6.07) is 4.29. The molecule has 0 aliphatic carbocycles. The zero-order valence-electron chi connectivity index (χ0n) is 9.33. The van der Waals surface area contributed by atoms with Crippen LogP contribution in [0.2, 0.25) is 0 Å². The molecule has 2 aromatic rings. The van der Waals surface area contributed by atoms with Gasteiger partial charge in [0.1, 0.15) is 0 Å². The number of hydroxylamine groups is 1. The second kappa shape index (κ2) is 4.94. The molecule has 0 atom stereocenters. The lowest BCUT2D eigenvalue weighted by Gasteiger charge is -2.05. The van der Waals surface area contributed by atoms with Gasteiger partial charge in [-0.05, 0) is 18.2 Å². The average molecular weight is 249 g/mol. The molecule has 0 bridgehead atoms. The Hall–Kier alpha value is -2.25. The lowest BCUT2D eigenvalue weighted by molar-refractivity contribution is 0.0706. The van der Waals surface area contributed by atoms with E-state index in [2.05, 4.69) is 4.98 Å². The van der Waals surface area contributed by atoms with E-state index in [1.54, 1.807) is 0 Å². The zero-order chi connectivity index (χ0) is 13.1. The molecule has 0 saturated carbocycles. The van der Waals surface area contributed by atoms with Crippen molar-refractivity contribution in [1.29, 1.82) is 0 Å². The summed E-state index contributed by atoms with van der Waals surface area (Å²) in [7, 11) is 0. The van der Waals surface area contributed by atoms with Gasteiger partial charge in [-0.1, -0.05) is 0 Å². The van der Waals surface area contributed by atoms with Crippen molar-refractivity contribution in [1.82, 2.24) is 15.0 Å². The summed E-state index contributed by atoms with van der Waals surface area (Å²) in [5.41, 5.74) is 1.78. The van der Waals surface area contributed by atoms with Crippen molar-refractivity contribution < 1.29 is 15.1 Å². The van der Waals surface area contributed by atoms with E-state index in [4.69, 9.17) is 10.3 Å². The Balaban J connectivity index is 2.58. The van der Waals surface area contributed by atoms with Crippen LogP contribution in [0.25, 0.3) is 10.9 Å². The predicted molar refractivity (Wildman–Crippen MR) is 62.3 cm³/mol. The highest BCUT2D eigenvalue weighted by Crippen LogP contribution is 2.09. The van der Waals surface area contributed by atoms with Crippen molar-refractivity contribution in [3.05, 3.63) is 40.4 Å².